The fourth-order valence-corrected chi connectivity index (χ4v) is 8.93. The van der Waals surface area contributed by atoms with Crippen LogP contribution in [0.5, 0.6) is 0 Å². The Bertz CT molecular complexity index is 1420. The van der Waals surface area contributed by atoms with Crippen molar-refractivity contribution in [2.24, 2.45) is 5.41 Å². The molecule has 6 rings (SSSR count). The lowest BCUT2D eigenvalue weighted by molar-refractivity contribution is -0.627. The van der Waals surface area contributed by atoms with E-state index in [1.807, 2.05) is 0 Å². The molecule has 10 heteroatoms. The largest absolute Gasteiger partial charge is 0.618 e. The zero-order valence-corrected chi connectivity index (χ0v) is 28.7. The monoisotopic (exact) mass is 647 g/mol. The molecule has 4 aliphatic rings. The summed E-state index contributed by atoms with van der Waals surface area (Å²) < 4.78 is 67.9. The number of benzene rings is 1. The Balaban J connectivity index is 1.64. The van der Waals surface area contributed by atoms with Crippen LogP contribution < -0.4 is 4.73 Å². The molecule has 1 spiro atoms. The van der Waals surface area contributed by atoms with Crippen LogP contribution in [-0.2, 0) is 36.8 Å². The fourth-order valence-electron chi connectivity index (χ4n) is 7.66. The third-order valence-corrected chi connectivity index (χ3v) is 15.5. The van der Waals surface area contributed by atoms with Crippen LogP contribution in [-0.4, -0.2) is 34.7 Å². The van der Waals surface area contributed by atoms with Crippen LogP contribution in [0.3, 0.4) is 0 Å². The number of hydrogen-bond donors (Lipinski definition) is 0. The predicted octanol–water partition coefficient (Wildman–Crippen LogP) is 8.39. The maximum atomic E-state index is 14.9. The Hall–Kier alpha value is -1.98. The van der Waals surface area contributed by atoms with Crippen LogP contribution >= 0.6 is 0 Å². The van der Waals surface area contributed by atoms with Gasteiger partial charge in [-0.3, -0.25) is 0 Å². The average Bonchev–Trinajstić information content (AvgIpc) is 3.26. The van der Waals surface area contributed by atoms with Crippen molar-refractivity contribution in [2.75, 3.05) is 26.4 Å². The maximum absolute atomic E-state index is 14.9. The summed E-state index contributed by atoms with van der Waals surface area (Å²) in [6.45, 7) is 17.7. The van der Waals surface area contributed by atoms with Crippen LogP contribution in [0.15, 0.2) is 24.3 Å². The molecule has 2 saturated heterocycles. The summed E-state index contributed by atoms with van der Waals surface area (Å²) in [5.41, 5.74) is 3.32. The van der Waals surface area contributed by atoms with Gasteiger partial charge in [0.15, 0.2) is 14.0 Å². The standard InChI is InChI=1S/C35H48F3NO5Si/c1-32(2,3)45(6,7)44-26-21-33(4,5)20-25-27(26)29-28(30(39(25)40)22-12-16-41-17-13-22)31(43-34(29)14-18-42-19-15-34)23-8-10-24(11-9-23)35(36,37)38/h8-11,22,26,31H,12-21H2,1-7H3/t26?,31-/m1/s1. The summed E-state index contributed by atoms with van der Waals surface area (Å²) >= 11 is 0. The molecule has 1 aromatic heterocycles. The van der Waals surface area contributed by atoms with Crippen molar-refractivity contribution in [3.63, 3.8) is 0 Å². The number of nitrogens with zero attached hydrogens (tertiary/aromatic N) is 1. The van der Waals surface area contributed by atoms with Crippen molar-refractivity contribution in [1.29, 1.82) is 0 Å². The van der Waals surface area contributed by atoms with E-state index in [1.54, 1.807) is 0 Å². The summed E-state index contributed by atoms with van der Waals surface area (Å²) in [7, 11) is -2.29. The lowest BCUT2D eigenvalue weighted by Gasteiger charge is -2.45. The van der Waals surface area contributed by atoms with Gasteiger partial charge in [-0.15, -0.1) is 0 Å². The van der Waals surface area contributed by atoms with Crippen molar-refractivity contribution < 1.29 is 36.5 Å². The molecule has 2 aromatic rings. The molecule has 45 heavy (non-hydrogen) atoms. The molecule has 1 aliphatic carbocycles. The van der Waals surface area contributed by atoms with Gasteiger partial charge in [0.2, 0.25) is 5.69 Å². The summed E-state index contributed by atoms with van der Waals surface area (Å²) in [5.74, 6) is -0.0457. The molecule has 0 radical (unpaired) electrons. The van der Waals surface area contributed by atoms with Gasteiger partial charge < -0.3 is 23.8 Å². The molecular formula is C35H48F3NO5Si. The molecule has 1 aromatic carbocycles. The second-order valence-corrected chi connectivity index (χ2v) is 20.6. The molecular weight excluding hydrogens is 599 g/mol. The molecule has 0 bridgehead atoms. The number of hydrogen-bond acceptors (Lipinski definition) is 5. The number of rotatable bonds is 4. The van der Waals surface area contributed by atoms with E-state index in [0.717, 1.165) is 40.9 Å². The van der Waals surface area contributed by atoms with Crippen LogP contribution in [0.2, 0.25) is 18.1 Å². The zero-order valence-electron chi connectivity index (χ0n) is 27.7. The molecule has 1 unspecified atom stereocenters. The maximum Gasteiger partial charge on any atom is 0.416 e. The molecule has 0 saturated carbocycles. The molecule has 3 aliphatic heterocycles. The van der Waals surface area contributed by atoms with E-state index < -0.39 is 31.8 Å². The highest BCUT2D eigenvalue weighted by Crippen LogP contribution is 2.59. The third kappa shape index (κ3) is 5.87. The number of aromatic nitrogens is 1. The first-order valence-electron chi connectivity index (χ1n) is 16.4. The van der Waals surface area contributed by atoms with E-state index in [-0.39, 0.29) is 22.5 Å². The minimum atomic E-state index is -4.44. The summed E-state index contributed by atoms with van der Waals surface area (Å²) in [4.78, 5) is 0. The van der Waals surface area contributed by atoms with Gasteiger partial charge in [-0.25, -0.2) is 0 Å². The van der Waals surface area contributed by atoms with Gasteiger partial charge in [-0.1, -0.05) is 46.8 Å². The molecule has 0 amide bonds. The number of pyridine rings is 1. The summed E-state index contributed by atoms with van der Waals surface area (Å²) in [6.07, 6.45) is -1.40. The predicted molar refractivity (Wildman–Crippen MR) is 167 cm³/mol. The van der Waals surface area contributed by atoms with Crippen LogP contribution in [0.4, 0.5) is 13.2 Å². The van der Waals surface area contributed by atoms with E-state index in [0.29, 0.717) is 69.8 Å². The molecule has 4 heterocycles. The molecule has 6 nitrogen and oxygen atoms in total. The van der Waals surface area contributed by atoms with Gasteiger partial charge in [0.1, 0.15) is 6.10 Å². The van der Waals surface area contributed by atoms with Gasteiger partial charge in [-0.2, -0.15) is 17.9 Å². The fraction of sp³-hybridized carbons (Fsp3) is 0.686. The first-order chi connectivity index (χ1) is 20.9. The first-order valence-corrected chi connectivity index (χ1v) is 19.4. The van der Waals surface area contributed by atoms with Gasteiger partial charge in [0, 0.05) is 57.2 Å². The third-order valence-electron chi connectivity index (χ3n) is 11.0. The number of halogens is 3. The van der Waals surface area contributed by atoms with Crippen LogP contribution in [0, 0.1) is 10.6 Å². The number of ether oxygens (including phenoxy) is 3. The SMILES string of the molecule is CC1(C)Cc2c(c3c(c(C4CCOCC4)[n+]2[O-])[C@@H](c2ccc(C(F)(F)F)cc2)OC32CCOCC2)C(O[Si](C)(C)C(C)(C)C)C1. The van der Waals surface area contributed by atoms with Crippen molar-refractivity contribution in [3.05, 3.63) is 68.7 Å². The van der Waals surface area contributed by atoms with E-state index in [9.17, 15) is 18.4 Å². The van der Waals surface area contributed by atoms with Gasteiger partial charge in [0.25, 0.3) is 0 Å². The minimum absolute atomic E-state index is 0.0387. The highest BCUT2D eigenvalue weighted by molar-refractivity contribution is 6.74. The van der Waals surface area contributed by atoms with Gasteiger partial charge >= 0.3 is 6.18 Å². The number of alkyl halides is 3. The first kappa shape index (κ1) is 32.9. The van der Waals surface area contributed by atoms with Crippen molar-refractivity contribution in [1.82, 2.24) is 0 Å². The Morgan fingerprint density at radius 1 is 0.933 bits per heavy atom. The Morgan fingerprint density at radius 3 is 2.11 bits per heavy atom. The lowest BCUT2D eigenvalue weighted by atomic mass is 9.69. The van der Waals surface area contributed by atoms with Gasteiger partial charge in [0.05, 0.1) is 28.4 Å². The van der Waals surface area contributed by atoms with Crippen molar-refractivity contribution in [3.8, 4) is 0 Å². The molecule has 2 fully saturated rings. The lowest BCUT2D eigenvalue weighted by Crippen LogP contribution is -2.50. The highest BCUT2D eigenvalue weighted by Gasteiger charge is 2.56. The van der Waals surface area contributed by atoms with Crippen molar-refractivity contribution in [2.45, 2.75) is 121 Å². The van der Waals surface area contributed by atoms with Crippen LogP contribution in [0.1, 0.15) is 124 Å². The number of fused-ring (bicyclic) bond motifs is 4. The summed E-state index contributed by atoms with van der Waals surface area (Å²) in [6, 6.07) is 5.28. The normalized spacial score (nSPS) is 25.3. The Labute approximate surface area is 266 Å². The Morgan fingerprint density at radius 2 is 1.53 bits per heavy atom. The molecule has 0 N–H and O–H groups in total. The molecule has 248 valence electrons. The van der Waals surface area contributed by atoms with Crippen LogP contribution in [0.25, 0.3) is 0 Å². The smallest absolute Gasteiger partial charge is 0.416 e. The van der Waals surface area contributed by atoms with Crippen molar-refractivity contribution >= 4 is 8.32 Å². The topological polar surface area (TPSA) is 63.9 Å². The molecule has 2 atom stereocenters. The minimum Gasteiger partial charge on any atom is -0.618 e. The van der Waals surface area contributed by atoms with E-state index >= 15 is 0 Å². The zero-order chi connectivity index (χ0) is 32.6. The van der Waals surface area contributed by atoms with E-state index in [2.05, 4.69) is 47.7 Å². The van der Waals surface area contributed by atoms with Gasteiger partial charge in [-0.05, 0) is 60.5 Å². The Kier molecular flexibility index (Phi) is 8.29. The quantitative estimate of drug-likeness (QED) is 0.190. The highest BCUT2D eigenvalue weighted by atomic mass is 28.4. The van der Waals surface area contributed by atoms with E-state index in [1.165, 1.54) is 16.9 Å². The second kappa shape index (κ2) is 11.3. The van der Waals surface area contributed by atoms with E-state index in [4.69, 9.17) is 18.6 Å². The second-order valence-electron chi connectivity index (χ2n) is 15.9. The summed E-state index contributed by atoms with van der Waals surface area (Å²) in [5, 5.41) is 14.9. The average molecular weight is 648 g/mol.